The van der Waals surface area contributed by atoms with Crippen molar-refractivity contribution in [2.75, 3.05) is 7.11 Å². The monoisotopic (exact) mass is 197 g/mol. The number of nitriles is 1. The van der Waals surface area contributed by atoms with Crippen LogP contribution in [-0.2, 0) is 19.0 Å². The van der Waals surface area contributed by atoms with E-state index in [2.05, 4.69) is 4.74 Å². The van der Waals surface area contributed by atoms with Gasteiger partial charge in [-0.2, -0.15) is 5.26 Å². The van der Waals surface area contributed by atoms with E-state index in [1.165, 1.54) is 7.11 Å². The fourth-order valence-corrected chi connectivity index (χ4v) is 2.27. The smallest absolute Gasteiger partial charge is 0.315 e. The molecule has 0 aliphatic carbocycles. The van der Waals surface area contributed by atoms with Gasteiger partial charge in [0.05, 0.1) is 19.3 Å². The quantitative estimate of drug-likeness (QED) is 0.467. The zero-order chi connectivity index (χ0) is 10.1. The number of fused-ring (bicyclic) bond motifs is 2. The fraction of sp³-hybridized carbons (Fsp3) is 0.778. The molecule has 0 radical (unpaired) electrons. The van der Waals surface area contributed by atoms with Crippen molar-refractivity contribution >= 4 is 5.97 Å². The van der Waals surface area contributed by atoms with Crippen molar-refractivity contribution in [3.05, 3.63) is 0 Å². The van der Waals surface area contributed by atoms with E-state index in [0.29, 0.717) is 0 Å². The van der Waals surface area contributed by atoms with Crippen LogP contribution in [0.1, 0.15) is 12.8 Å². The molecule has 0 aromatic rings. The van der Waals surface area contributed by atoms with Gasteiger partial charge < -0.3 is 14.2 Å². The maximum absolute atomic E-state index is 11.4. The van der Waals surface area contributed by atoms with E-state index in [4.69, 9.17) is 14.7 Å². The minimum atomic E-state index is -0.453. The second kappa shape index (κ2) is 3.46. The van der Waals surface area contributed by atoms with E-state index in [1.54, 1.807) is 6.26 Å². The molecule has 0 aromatic carbocycles. The van der Waals surface area contributed by atoms with Gasteiger partial charge in [0.15, 0.2) is 6.10 Å². The first-order valence-corrected chi connectivity index (χ1v) is 4.56. The highest BCUT2D eigenvalue weighted by Gasteiger charge is 2.54. The topological polar surface area (TPSA) is 68.5 Å². The number of ether oxygens (including phenoxy) is 3. The molecule has 0 N–H and O–H groups in total. The Morgan fingerprint density at radius 2 is 2.21 bits per heavy atom. The Hall–Kier alpha value is -1.28. The number of methoxy groups -OCH3 is 1. The molecule has 2 saturated heterocycles. The summed E-state index contributed by atoms with van der Waals surface area (Å²) in [5.74, 6) is -0.782. The van der Waals surface area contributed by atoms with Crippen molar-refractivity contribution in [2.24, 2.45) is 5.92 Å². The molecule has 0 amide bonds. The molecule has 2 rings (SSSR count). The Morgan fingerprint density at radius 1 is 1.50 bits per heavy atom. The molecule has 2 aliphatic heterocycles. The zero-order valence-corrected chi connectivity index (χ0v) is 7.80. The third-order valence-corrected chi connectivity index (χ3v) is 2.87. The lowest BCUT2D eigenvalue weighted by Crippen LogP contribution is -2.39. The summed E-state index contributed by atoms with van der Waals surface area (Å²) in [6.07, 6.45) is 2.60. The van der Waals surface area contributed by atoms with Crippen LogP contribution in [0.15, 0.2) is 0 Å². The number of hydrogen-bond donors (Lipinski definition) is 0. The van der Waals surface area contributed by atoms with E-state index in [9.17, 15) is 4.79 Å². The first-order valence-electron chi connectivity index (χ1n) is 4.56. The van der Waals surface area contributed by atoms with Crippen molar-refractivity contribution in [3.63, 3.8) is 0 Å². The molecular weight excluding hydrogens is 186 g/mol. The summed E-state index contributed by atoms with van der Waals surface area (Å²) < 4.78 is 15.0. The van der Waals surface area contributed by atoms with E-state index < -0.39 is 12.0 Å². The Labute approximate surface area is 81.5 Å². The predicted molar refractivity (Wildman–Crippen MR) is 43.9 cm³/mol. The fourth-order valence-electron chi connectivity index (χ4n) is 2.27. The van der Waals surface area contributed by atoms with Crippen LogP contribution in [0.3, 0.4) is 0 Å². The number of nitrogens with zero attached hydrogens (tertiary/aromatic N) is 1. The third kappa shape index (κ3) is 1.23. The average molecular weight is 197 g/mol. The molecule has 0 unspecified atom stereocenters. The van der Waals surface area contributed by atoms with Crippen LogP contribution in [0.2, 0.25) is 0 Å². The maximum atomic E-state index is 11.4. The van der Waals surface area contributed by atoms with Gasteiger partial charge in [-0.1, -0.05) is 0 Å². The van der Waals surface area contributed by atoms with Gasteiger partial charge in [0.25, 0.3) is 6.26 Å². The lowest BCUT2D eigenvalue weighted by atomic mass is 9.86. The minimum Gasteiger partial charge on any atom is -0.469 e. The van der Waals surface area contributed by atoms with Crippen LogP contribution < -0.4 is 0 Å². The minimum absolute atomic E-state index is 0.122. The number of carbonyl (C=O) groups excluding carboxylic acids is 1. The van der Waals surface area contributed by atoms with E-state index >= 15 is 0 Å². The molecule has 5 heteroatoms. The summed E-state index contributed by atoms with van der Waals surface area (Å²) in [4.78, 5) is 11.4. The van der Waals surface area contributed by atoms with Gasteiger partial charge in [-0.15, -0.1) is 0 Å². The second-order valence-electron chi connectivity index (χ2n) is 3.51. The van der Waals surface area contributed by atoms with Crippen molar-refractivity contribution in [1.29, 1.82) is 5.26 Å². The maximum Gasteiger partial charge on any atom is 0.315 e. The highest BCUT2D eigenvalue weighted by Crippen LogP contribution is 2.41. The van der Waals surface area contributed by atoms with Crippen molar-refractivity contribution in [1.82, 2.24) is 0 Å². The highest BCUT2D eigenvalue weighted by molar-refractivity contribution is 5.74. The zero-order valence-electron chi connectivity index (χ0n) is 7.80. The van der Waals surface area contributed by atoms with Gasteiger partial charge in [0.1, 0.15) is 5.92 Å². The molecule has 2 heterocycles. The molecule has 4 atom stereocenters. The average Bonchev–Trinajstić information content (AvgIpc) is 2.77. The summed E-state index contributed by atoms with van der Waals surface area (Å²) in [7, 11) is 1.33. The Kier molecular flexibility index (Phi) is 2.30. The number of rotatable bonds is 2. The molecule has 76 valence electrons. The molecule has 2 bridgehead atoms. The molecule has 0 aromatic heterocycles. The van der Waals surface area contributed by atoms with E-state index in [1.807, 2.05) is 0 Å². The Balaban J connectivity index is 2.14. The lowest BCUT2D eigenvalue weighted by Gasteiger charge is -2.22. The molecule has 14 heavy (non-hydrogen) atoms. The summed E-state index contributed by atoms with van der Waals surface area (Å²) in [5, 5.41) is 8.45. The molecule has 2 fully saturated rings. The molecular formula is C9H11NO4. The van der Waals surface area contributed by atoms with Crippen molar-refractivity contribution < 1.29 is 19.0 Å². The lowest BCUT2D eigenvalue weighted by molar-refractivity contribution is -0.150. The van der Waals surface area contributed by atoms with Crippen LogP contribution in [-0.4, -0.2) is 31.4 Å². The Bertz CT molecular complexity index is 285. The van der Waals surface area contributed by atoms with Gasteiger partial charge in [-0.3, -0.25) is 4.79 Å². The normalized spacial score (nSPS) is 39.1. The number of esters is 1. The third-order valence-electron chi connectivity index (χ3n) is 2.87. The molecule has 5 nitrogen and oxygen atoms in total. The van der Waals surface area contributed by atoms with Crippen LogP contribution >= 0.6 is 0 Å². The number of hydrogen-bond acceptors (Lipinski definition) is 5. The first kappa shape index (κ1) is 9.28. The largest absolute Gasteiger partial charge is 0.469 e. The second-order valence-corrected chi connectivity index (χ2v) is 3.51. The van der Waals surface area contributed by atoms with Gasteiger partial charge in [0, 0.05) is 0 Å². The summed E-state index contributed by atoms with van der Waals surface area (Å²) >= 11 is 0. The van der Waals surface area contributed by atoms with Crippen LogP contribution in [0.4, 0.5) is 0 Å². The van der Waals surface area contributed by atoms with E-state index in [0.717, 1.165) is 12.8 Å². The van der Waals surface area contributed by atoms with Crippen LogP contribution in [0.25, 0.3) is 0 Å². The van der Waals surface area contributed by atoms with Gasteiger partial charge in [0.2, 0.25) is 0 Å². The SMILES string of the molecule is COC(=O)[C@H]1[C@@H](OC#N)[C@H]2CC[C@@H]1O2. The van der Waals surface area contributed by atoms with Crippen LogP contribution in [0, 0.1) is 17.4 Å². The summed E-state index contributed by atoms with van der Waals surface area (Å²) in [6, 6.07) is 0. The summed E-state index contributed by atoms with van der Waals surface area (Å²) in [6.45, 7) is 0. The standard InChI is InChI=1S/C9H11NO4/c1-12-9(11)7-5-2-3-6(14-5)8(7)13-4-10/h5-8H,2-3H2,1H3/t5-,6+,7+,8-/m0/s1. The van der Waals surface area contributed by atoms with Crippen LogP contribution in [0.5, 0.6) is 0 Å². The summed E-state index contributed by atoms with van der Waals surface area (Å²) in [5.41, 5.74) is 0. The molecule has 0 spiro atoms. The molecule has 2 aliphatic rings. The first-order chi connectivity index (χ1) is 6.77. The van der Waals surface area contributed by atoms with E-state index in [-0.39, 0.29) is 18.2 Å². The highest BCUT2D eigenvalue weighted by atomic mass is 16.6. The van der Waals surface area contributed by atoms with Gasteiger partial charge >= 0.3 is 5.97 Å². The van der Waals surface area contributed by atoms with Gasteiger partial charge in [-0.25, -0.2) is 0 Å². The molecule has 0 saturated carbocycles. The van der Waals surface area contributed by atoms with Crippen molar-refractivity contribution in [3.8, 4) is 6.26 Å². The van der Waals surface area contributed by atoms with Gasteiger partial charge in [-0.05, 0) is 12.8 Å². The van der Waals surface area contributed by atoms with Crippen molar-refractivity contribution in [2.45, 2.75) is 31.2 Å². The Morgan fingerprint density at radius 3 is 2.86 bits per heavy atom. The number of carbonyl (C=O) groups is 1. The predicted octanol–water partition coefficient (Wildman–Crippen LogP) is 0.203.